The van der Waals surface area contributed by atoms with Gasteiger partial charge >= 0.3 is 5.63 Å². The topological polar surface area (TPSA) is 61.1 Å². The van der Waals surface area contributed by atoms with Crippen LogP contribution >= 0.6 is 0 Å². The molecule has 0 fully saturated rings. The Morgan fingerprint density at radius 3 is 2.43 bits per heavy atom. The molecule has 6 nitrogen and oxygen atoms in total. The lowest BCUT2D eigenvalue weighted by Gasteiger charge is -2.32. The maximum atomic E-state index is 11.9. The molecule has 0 bridgehead atoms. The highest BCUT2D eigenvalue weighted by molar-refractivity contribution is 5.86. The first-order valence-corrected chi connectivity index (χ1v) is 9.24. The van der Waals surface area contributed by atoms with Crippen molar-refractivity contribution in [3.8, 4) is 17.2 Å². The zero-order chi connectivity index (χ0) is 19.8. The molecule has 0 radical (unpaired) electrons. The molecule has 1 aromatic heterocycles. The van der Waals surface area contributed by atoms with Crippen LogP contribution in [0.25, 0.3) is 11.0 Å². The van der Waals surface area contributed by atoms with Gasteiger partial charge in [0.05, 0.1) is 14.2 Å². The normalized spacial score (nSPS) is 13.2. The second-order valence-corrected chi connectivity index (χ2v) is 6.85. The van der Waals surface area contributed by atoms with Crippen molar-refractivity contribution >= 4 is 16.7 Å². The van der Waals surface area contributed by atoms with Gasteiger partial charge in [-0.05, 0) is 25.0 Å². The molecule has 1 aliphatic rings. The standard InChI is InChI=1S/C22H23NO5/c1-5-14-7-20(24)28-22-13(2)21-15(6-19(14)22)11-23(12-27-21)16-8-17(25-3)10-18(9-16)26-4/h6-10H,5,11-12H2,1-4H3. The molecule has 0 saturated heterocycles. The summed E-state index contributed by atoms with van der Waals surface area (Å²) >= 11 is 0. The minimum Gasteiger partial charge on any atom is -0.497 e. The summed E-state index contributed by atoms with van der Waals surface area (Å²) in [6.07, 6.45) is 0.762. The monoisotopic (exact) mass is 381 g/mol. The van der Waals surface area contributed by atoms with Gasteiger partial charge in [0.1, 0.15) is 22.8 Å². The third-order valence-electron chi connectivity index (χ3n) is 5.18. The van der Waals surface area contributed by atoms with Crippen molar-refractivity contribution in [2.75, 3.05) is 25.9 Å². The Kier molecular flexibility index (Phi) is 4.63. The largest absolute Gasteiger partial charge is 0.497 e. The first-order valence-electron chi connectivity index (χ1n) is 9.24. The number of nitrogens with zero attached hydrogens (tertiary/aromatic N) is 1. The fourth-order valence-corrected chi connectivity index (χ4v) is 3.72. The molecule has 6 heteroatoms. The number of hydrogen-bond donors (Lipinski definition) is 0. The van der Waals surface area contributed by atoms with Crippen LogP contribution < -0.4 is 24.7 Å². The summed E-state index contributed by atoms with van der Waals surface area (Å²) in [6, 6.07) is 9.41. The van der Waals surface area contributed by atoms with Crippen LogP contribution in [0.4, 0.5) is 5.69 Å². The Hall–Kier alpha value is -3.15. The molecule has 2 aromatic carbocycles. The third kappa shape index (κ3) is 3.05. The van der Waals surface area contributed by atoms with Crippen molar-refractivity contribution in [3.05, 3.63) is 57.4 Å². The van der Waals surface area contributed by atoms with E-state index in [1.54, 1.807) is 20.3 Å². The molecule has 0 aliphatic carbocycles. The van der Waals surface area contributed by atoms with Gasteiger partial charge in [-0.25, -0.2) is 4.79 Å². The zero-order valence-electron chi connectivity index (χ0n) is 16.5. The van der Waals surface area contributed by atoms with E-state index in [9.17, 15) is 4.79 Å². The molecule has 3 aromatic rings. The lowest BCUT2D eigenvalue weighted by molar-refractivity contribution is 0.287. The lowest BCUT2D eigenvalue weighted by atomic mass is 9.99. The highest BCUT2D eigenvalue weighted by Crippen LogP contribution is 2.38. The molecule has 0 N–H and O–H groups in total. The molecule has 0 unspecified atom stereocenters. The van der Waals surface area contributed by atoms with Gasteiger partial charge < -0.3 is 23.5 Å². The summed E-state index contributed by atoms with van der Waals surface area (Å²) in [4.78, 5) is 14.0. The molecule has 28 heavy (non-hydrogen) atoms. The summed E-state index contributed by atoms with van der Waals surface area (Å²) in [5.41, 5.74) is 4.14. The first kappa shape index (κ1) is 18.2. The SMILES string of the molecule is CCc1cc(=O)oc2c(C)c3c(cc12)CN(c1cc(OC)cc(OC)c1)CO3. The van der Waals surface area contributed by atoms with Crippen molar-refractivity contribution in [1.82, 2.24) is 0 Å². The predicted molar refractivity (Wildman–Crippen MR) is 108 cm³/mol. The number of hydrogen-bond acceptors (Lipinski definition) is 6. The van der Waals surface area contributed by atoms with Crippen LogP contribution in [0.2, 0.25) is 0 Å². The van der Waals surface area contributed by atoms with Crippen molar-refractivity contribution in [1.29, 1.82) is 0 Å². The maximum Gasteiger partial charge on any atom is 0.336 e. The zero-order valence-corrected chi connectivity index (χ0v) is 16.5. The minimum atomic E-state index is -0.326. The maximum absolute atomic E-state index is 11.9. The quantitative estimate of drug-likeness (QED) is 0.636. The summed E-state index contributed by atoms with van der Waals surface area (Å²) in [5, 5.41) is 0.965. The average Bonchev–Trinajstić information content (AvgIpc) is 2.73. The molecule has 1 aliphatic heterocycles. The van der Waals surface area contributed by atoms with Gasteiger partial charge in [-0.15, -0.1) is 0 Å². The van der Waals surface area contributed by atoms with Crippen LogP contribution in [0.1, 0.15) is 23.6 Å². The van der Waals surface area contributed by atoms with Crippen LogP contribution in [0, 0.1) is 6.92 Å². The summed E-state index contributed by atoms with van der Waals surface area (Å²) in [5.74, 6) is 2.24. The highest BCUT2D eigenvalue weighted by Gasteiger charge is 2.23. The number of rotatable bonds is 4. The van der Waals surface area contributed by atoms with Gasteiger partial charge in [0.2, 0.25) is 0 Å². The molecule has 0 spiro atoms. The molecule has 0 atom stereocenters. The van der Waals surface area contributed by atoms with E-state index in [1.807, 2.05) is 32.0 Å². The minimum absolute atomic E-state index is 0.326. The number of anilines is 1. The average molecular weight is 381 g/mol. The fourth-order valence-electron chi connectivity index (χ4n) is 3.72. The summed E-state index contributed by atoms with van der Waals surface area (Å²) in [6.45, 7) is 5.03. The van der Waals surface area contributed by atoms with E-state index >= 15 is 0 Å². The molecule has 2 heterocycles. The van der Waals surface area contributed by atoms with Crippen molar-refractivity contribution in [2.45, 2.75) is 26.8 Å². The number of methoxy groups -OCH3 is 2. The highest BCUT2D eigenvalue weighted by atomic mass is 16.5. The van der Waals surface area contributed by atoms with E-state index in [1.165, 1.54) is 0 Å². The van der Waals surface area contributed by atoms with Crippen molar-refractivity contribution < 1.29 is 18.6 Å². The van der Waals surface area contributed by atoms with Crippen LogP contribution in [0.3, 0.4) is 0 Å². The van der Waals surface area contributed by atoms with Crippen molar-refractivity contribution in [3.63, 3.8) is 0 Å². The number of benzene rings is 2. The summed E-state index contributed by atoms with van der Waals surface area (Å²) in [7, 11) is 3.27. The molecule has 0 saturated carbocycles. The third-order valence-corrected chi connectivity index (χ3v) is 5.18. The number of aryl methyl sites for hydroxylation is 2. The van der Waals surface area contributed by atoms with Crippen LogP contribution in [0.5, 0.6) is 17.2 Å². The molecule has 146 valence electrons. The first-order chi connectivity index (χ1) is 13.5. The van der Waals surface area contributed by atoms with Gasteiger partial charge in [-0.2, -0.15) is 0 Å². The lowest BCUT2D eigenvalue weighted by Crippen LogP contribution is -2.32. The van der Waals surface area contributed by atoms with E-state index in [-0.39, 0.29) is 5.63 Å². The van der Waals surface area contributed by atoms with Crippen LogP contribution in [-0.4, -0.2) is 21.0 Å². The Morgan fingerprint density at radius 1 is 1.07 bits per heavy atom. The summed E-state index contributed by atoms with van der Waals surface area (Å²) < 4.78 is 22.3. The van der Waals surface area contributed by atoms with E-state index < -0.39 is 0 Å². The van der Waals surface area contributed by atoms with Gasteiger partial charge in [0.25, 0.3) is 0 Å². The van der Waals surface area contributed by atoms with E-state index in [2.05, 4.69) is 11.0 Å². The molecular weight excluding hydrogens is 358 g/mol. The van der Waals surface area contributed by atoms with Gasteiger partial charge in [0.15, 0.2) is 6.73 Å². The second-order valence-electron chi connectivity index (χ2n) is 6.85. The Labute approximate surface area is 163 Å². The van der Waals surface area contributed by atoms with Gasteiger partial charge in [0, 0.05) is 53.0 Å². The smallest absolute Gasteiger partial charge is 0.336 e. The molecule has 4 rings (SSSR count). The second kappa shape index (κ2) is 7.11. The van der Waals surface area contributed by atoms with Crippen LogP contribution in [0.15, 0.2) is 39.5 Å². The van der Waals surface area contributed by atoms with E-state index in [0.29, 0.717) is 18.9 Å². The Balaban J connectivity index is 1.79. The number of fused-ring (bicyclic) bond motifs is 2. The van der Waals surface area contributed by atoms with E-state index in [0.717, 1.165) is 51.4 Å². The fraction of sp³-hybridized carbons (Fsp3) is 0.318. The Morgan fingerprint density at radius 2 is 1.79 bits per heavy atom. The number of ether oxygens (including phenoxy) is 3. The van der Waals surface area contributed by atoms with Gasteiger partial charge in [-0.1, -0.05) is 6.92 Å². The Bertz CT molecular complexity index is 1080. The van der Waals surface area contributed by atoms with Gasteiger partial charge in [-0.3, -0.25) is 0 Å². The molecular formula is C22H23NO5. The predicted octanol–water partition coefficient (Wildman–Crippen LogP) is 4.04. The van der Waals surface area contributed by atoms with Crippen LogP contribution in [-0.2, 0) is 13.0 Å². The van der Waals surface area contributed by atoms with Crippen molar-refractivity contribution in [2.24, 2.45) is 0 Å². The molecule has 0 amide bonds. The van der Waals surface area contributed by atoms with E-state index in [4.69, 9.17) is 18.6 Å².